The number of hydrogen-bond acceptors (Lipinski definition) is 4. The minimum absolute atomic E-state index is 0.0581. The molecule has 0 atom stereocenters. The van der Waals surface area contributed by atoms with Crippen molar-refractivity contribution in [3.8, 4) is 11.5 Å². The number of methoxy groups -OCH3 is 1. The van der Waals surface area contributed by atoms with Crippen molar-refractivity contribution in [3.05, 3.63) is 57.6 Å². The van der Waals surface area contributed by atoms with Crippen molar-refractivity contribution in [1.82, 2.24) is 5.32 Å². The number of carbonyl (C=O) groups is 2. The van der Waals surface area contributed by atoms with Crippen LogP contribution < -0.4 is 20.1 Å². The molecular formula is C24H29ClN2O4. The van der Waals surface area contributed by atoms with Gasteiger partial charge in [0, 0.05) is 11.8 Å². The van der Waals surface area contributed by atoms with Gasteiger partial charge in [-0.2, -0.15) is 0 Å². The van der Waals surface area contributed by atoms with E-state index in [2.05, 4.69) is 10.6 Å². The Morgan fingerprint density at radius 1 is 1.10 bits per heavy atom. The van der Waals surface area contributed by atoms with Gasteiger partial charge in [-0.05, 0) is 69.5 Å². The molecule has 2 aromatic carbocycles. The van der Waals surface area contributed by atoms with Gasteiger partial charge in [0.25, 0.3) is 0 Å². The zero-order valence-corrected chi connectivity index (χ0v) is 19.5. The van der Waals surface area contributed by atoms with Crippen LogP contribution in [0.1, 0.15) is 36.1 Å². The third-order valence-corrected chi connectivity index (χ3v) is 4.68. The summed E-state index contributed by atoms with van der Waals surface area (Å²) in [6.45, 7) is 9.53. The molecule has 0 radical (unpaired) electrons. The zero-order valence-electron chi connectivity index (χ0n) is 18.8. The molecule has 0 aromatic heterocycles. The third kappa shape index (κ3) is 7.03. The van der Waals surface area contributed by atoms with Crippen molar-refractivity contribution in [2.24, 2.45) is 0 Å². The van der Waals surface area contributed by atoms with Crippen molar-refractivity contribution in [2.45, 2.75) is 40.7 Å². The molecule has 6 nitrogen and oxygen atoms in total. The van der Waals surface area contributed by atoms with Gasteiger partial charge in [-0.3, -0.25) is 9.59 Å². The number of aryl methyl sites for hydroxylation is 3. The summed E-state index contributed by atoms with van der Waals surface area (Å²) >= 11 is 6.30. The van der Waals surface area contributed by atoms with E-state index in [4.69, 9.17) is 21.1 Å². The Morgan fingerprint density at radius 3 is 2.32 bits per heavy atom. The molecule has 0 aliphatic heterocycles. The molecule has 0 unspecified atom stereocenters. The predicted molar refractivity (Wildman–Crippen MR) is 125 cm³/mol. The Kier molecular flexibility index (Phi) is 8.51. The fourth-order valence-corrected chi connectivity index (χ4v) is 3.41. The van der Waals surface area contributed by atoms with E-state index in [0.717, 1.165) is 22.4 Å². The van der Waals surface area contributed by atoms with E-state index < -0.39 is 5.91 Å². The SMILES string of the molecule is COc1cc(/C=C/C(=O)NCC(=O)Nc2c(C)cc(C)cc2C)cc(Cl)c1OC(C)C. The average molecular weight is 445 g/mol. The lowest BCUT2D eigenvalue weighted by atomic mass is 10.1. The lowest BCUT2D eigenvalue weighted by Crippen LogP contribution is -2.32. The van der Waals surface area contributed by atoms with E-state index in [9.17, 15) is 9.59 Å². The molecule has 7 heteroatoms. The number of amides is 2. The molecule has 0 saturated heterocycles. The Labute approximate surface area is 188 Å². The van der Waals surface area contributed by atoms with Gasteiger partial charge >= 0.3 is 0 Å². The number of benzene rings is 2. The van der Waals surface area contributed by atoms with Crippen LogP contribution in [0.3, 0.4) is 0 Å². The Morgan fingerprint density at radius 2 is 1.74 bits per heavy atom. The number of carbonyl (C=O) groups excluding carboxylic acids is 2. The van der Waals surface area contributed by atoms with E-state index in [0.29, 0.717) is 22.1 Å². The minimum Gasteiger partial charge on any atom is -0.493 e. The summed E-state index contributed by atoms with van der Waals surface area (Å²) in [6.07, 6.45) is 2.87. The average Bonchev–Trinajstić information content (AvgIpc) is 2.68. The number of anilines is 1. The maximum Gasteiger partial charge on any atom is 0.244 e. The third-order valence-electron chi connectivity index (χ3n) is 4.40. The summed E-state index contributed by atoms with van der Waals surface area (Å²) in [5.74, 6) is 0.241. The van der Waals surface area contributed by atoms with Crippen molar-refractivity contribution in [1.29, 1.82) is 0 Å². The molecule has 0 fully saturated rings. The Bertz CT molecular complexity index is 976. The van der Waals surface area contributed by atoms with E-state index in [1.54, 1.807) is 18.2 Å². The summed E-state index contributed by atoms with van der Waals surface area (Å²) < 4.78 is 11.0. The molecule has 0 bridgehead atoms. The summed E-state index contributed by atoms with van der Waals surface area (Å²) in [5, 5.41) is 5.82. The van der Waals surface area contributed by atoms with E-state index >= 15 is 0 Å². The summed E-state index contributed by atoms with van der Waals surface area (Å²) in [5.41, 5.74) is 4.53. The highest BCUT2D eigenvalue weighted by atomic mass is 35.5. The highest BCUT2D eigenvalue weighted by molar-refractivity contribution is 6.32. The van der Waals surface area contributed by atoms with Crippen LogP contribution in [0.4, 0.5) is 5.69 Å². The van der Waals surface area contributed by atoms with Gasteiger partial charge in [0.1, 0.15) is 0 Å². The zero-order chi connectivity index (χ0) is 23.1. The number of nitrogens with one attached hydrogen (secondary N) is 2. The van der Waals surface area contributed by atoms with Crippen LogP contribution in [-0.2, 0) is 9.59 Å². The maximum absolute atomic E-state index is 12.2. The number of ether oxygens (including phenoxy) is 2. The number of rotatable bonds is 8. The molecule has 0 saturated carbocycles. The molecular weight excluding hydrogens is 416 g/mol. The van der Waals surface area contributed by atoms with Gasteiger partial charge in [-0.1, -0.05) is 29.3 Å². The van der Waals surface area contributed by atoms with Crippen molar-refractivity contribution < 1.29 is 19.1 Å². The van der Waals surface area contributed by atoms with Crippen LogP contribution >= 0.6 is 11.6 Å². The fourth-order valence-electron chi connectivity index (χ4n) is 3.15. The topological polar surface area (TPSA) is 76.7 Å². The molecule has 2 aromatic rings. The second-order valence-electron chi connectivity index (χ2n) is 7.57. The molecule has 166 valence electrons. The maximum atomic E-state index is 12.2. The lowest BCUT2D eigenvalue weighted by molar-refractivity contribution is -0.121. The van der Waals surface area contributed by atoms with E-state index in [-0.39, 0.29) is 18.6 Å². The fraction of sp³-hybridized carbons (Fsp3) is 0.333. The van der Waals surface area contributed by atoms with E-state index in [1.807, 2.05) is 46.8 Å². The van der Waals surface area contributed by atoms with E-state index in [1.165, 1.54) is 13.2 Å². The molecule has 0 aliphatic carbocycles. The predicted octanol–water partition coefficient (Wildman–Crippen LogP) is 4.83. The van der Waals surface area contributed by atoms with Crippen LogP contribution in [0.5, 0.6) is 11.5 Å². The van der Waals surface area contributed by atoms with Crippen LogP contribution in [0.2, 0.25) is 5.02 Å². The van der Waals surface area contributed by atoms with Crippen LogP contribution in [0.15, 0.2) is 30.3 Å². The van der Waals surface area contributed by atoms with Crippen LogP contribution in [-0.4, -0.2) is 31.6 Å². The summed E-state index contributed by atoms with van der Waals surface area (Å²) in [6, 6.07) is 7.41. The van der Waals surface area contributed by atoms with Crippen LogP contribution in [0, 0.1) is 20.8 Å². The van der Waals surface area contributed by atoms with Crippen molar-refractivity contribution >= 4 is 35.2 Å². The summed E-state index contributed by atoms with van der Waals surface area (Å²) in [4.78, 5) is 24.4. The normalized spacial score (nSPS) is 11.0. The molecule has 0 aliphatic rings. The van der Waals surface area contributed by atoms with Gasteiger partial charge in [-0.25, -0.2) is 0 Å². The molecule has 0 spiro atoms. The van der Waals surface area contributed by atoms with Gasteiger partial charge in [0.15, 0.2) is 11.5 Å². The first-order valence-corrected chi connectivity index (χ1v) is 10.4. The van der Waals surface area contributed by atoms with Crippen LogP contribution in [0.25, 0.3) is 6.08 Å². The molecule has 2 rings (SSSR count). The number of hydrogen-bond donors (Lipinski definition) is 2. The highest BCUT2D eigenvalue weighted by Gasteiger charge is 2.13. The summed E-state index contributed by atoms with van der Waals surface area (Å²) in [7, 11) is 1.52. The second-order valence-corrected chi connectivity index (χ2v) is 7.98. The quantitative estimate of drug-likeness (QED) is 0.572. The Balaban J connectivity index is 1.98. The second kappa shape index (κ2) is 10.9. The minimum atomic E-state index is -0.398. The Hall–Kier alpha value is -2.99. The smallest absolute Gasteiger partial charge is 0.244 e. The molecule has 2 amide bonds. The van der Waals surface area contributed by atoms with Crippen molar-refractivity contribution in [2.75, 3.05) is 19.0 Å². The van der Waals surface area contributed by atoms with Crippen molar-refractivity contribution in [3.63, 3.8) is 0 Å². The first-order valence-electron chi connectivity index (χ1n) is 9.98. The van der Waals surface area contributed by atoms with Gasteiger partial charge in [0.05, 0.1) is 24.8 Å². The van der Waals surface area contributed by atoms with Gasteiger partial charge < -0.3 is 20.1 Å². The number of halogens is 1. The molecule has 0 heterocycles. The standard InChI is InChI=1S/C24H29ClN2O4/c1-14(2)31-24-19(25)11-18(12-20(24)30-6)7-8-21(28)26-13-22(29)27-23-16(4)9-15(3)10-17(23)5/h7-12,14H,13H2,1-6H3,(H,26,28)(H,27,29)/b8-7+. The first-order chi connectivity index (χ1) is 14.6. The first kappa shape index (κ1) is 24.3. The highest BCUT2D eigenvalue weighted by Crippen LogP contribution is 2.37. The van der Waals surface area contributed by atoms with Gasteiger partial charge in [-0.15, -0.1) is 0 Å². The largest absolute Gasteiger partial charge is 0.493 e. The van der Waals surface area contributed by atoms with Gasteiger partial charge in [0.2, 0.25) is 11.8 Å². The lowest BCUT2D eigenvalue weighted by Gasteiger charge is -2.15. The monoisotopic (exact) mass is 444 g/mol. The molecule has 31 heavy (non-hydrogen) atoms. The molecule has 2 N–H and O–H groups in total.